The van der Waals surface area contributed by atoms with Gasteiger partial charge in [-0.1, -0.05) is 11.6 Å². The third-order valence-corrected chi connectivity index (χ3v) is 4.79. The molecule has 1 atom stereocenters. The van der Waals surface area contributed by atoms with Crippen LogP contribution in [0.5, 0.6) is 23.0 Å². The van der Waals surface area contributed by atoms with Gasteiger partial charge in [0.2, 0.25) is 6.79 Å². The summed E-state index contributed by atoms with van der Waals surface area (Å²) in [5.41, 5.74) is 1.28. The molecule has 1 saturated heterocycles. The Morgan fingerprint density at radius 2 is 2.11 bits per heavy atom. The predicted molar refractivity (Wildman–Crippen MR) is 102 cm³/mol. The lowest BCUT2D eigenvalue weighted by Gasteiger charge is -2.14. The van der Waals surface area contributed by atoms with E-state index in [0.29, 0.717) is 51.6 Å². The molecule has 2 aromatic carbocycles. The minimum atomic E-state index is 0.146. The van der Waals surface area contributed by atoms with Gasteiger partial charge in [0.15, 0.2) is 23.0 Å². The number of nitrogens with zero attached hydrogens (tertiary/aromatic N) is 2. The topological polar surface area (TPSA) is 87.3 Å². The number of hydrogen-bond donors (Lipinski definition) is 1. The molecule has 1 N–H and O–H groups in total. The summed E-state index contributed by atoms with van der Waals surface area (Å²) < 4.78 is 27.5. The second-order valence-corrected chi connectivity index (χ2v) is 6.70. The van der Waals surface area contributed by atoms with E-state index in [0.717, 1.165) is 12.0 Å². The number of methoxy groups -OCH3 is 1. The largest absolute Gasteiger partial charge is 0.493 e. The van der Waals surface area contributed by atoms with Gasteiger partial charge in [-0.3, -0.25) is 0 Å². The van der Waals surface area contributed by atoms with Gasteiger partial charge in [0, 0.05) is 11.5 Å². The van der Waals surface area contributed by atoms with Gasteiger partial charge in [0.1, 0.15) is 30.5 Å². The van der Waals surface area contributed by atoms with Crippen LogP contribution in [0, 0.1) is 0 Å². The zero-order chi connectivity index (χ0) is 19.1. The maximum absolute atomic E-state index is 6.37. The van der Waals surface area contributed by atoms with Crippen molar-refractivity contribution in [3.63, 3.8) is 0 Å². The standard InChI is InChI=1S/C19H16ClN3O5/c1-24-15-4-11-13(5-16(15)26-7-10-6-25-10)21-8-22-19(11)23-17-12(20)2-3-14-18(17)28-9-27-14/h2-5,8,10H,6-7,9H2,1H3,(H,21,22,23). The van der Waals surface area contributed by atoms with E-state index in [2.05, 4.69) is 15.3 Å². The van der Waals surface area contributed by atoms with Crippen LogP contribution < -0.4 is 24.3 Å². The lowest BCUT2D eigenvalue weighted by Crippen LogP contribution is -2.05. The third-order valence-electron chi connectivity index (χ3n) is 4.48. The van der Waals surface area contributed by atoms with Crippen molar-refractivity contribution in [2.45, 2.75) is 6.10 Å². The first kappa shape index (κ1) is 17.2. The van der Waals surface area contributed by atoms with Gasteiger partial charge in [0.05, 0.1) is 24.3 Å². The number of epoxide rings is 1. The van der Waals surface area contributed by atoms with Crippen molar-refractivity contribution in [2.24, 2.45) is 0 Å². The van der Waals surface area contributed by atoms with Crippen molar-refractivity contribution in [2.75, 3.05) is 32.4 Å². The molecule has 0 bridgehead atoms. The smallest absolute Gasteiger partial charge is 0.231 e. The molecule has 0 radical (unpaired) electrons. The summed E-state index contributed by atoms with van der Waals surface area (Å²) >= 11 is 6.37. The molecule has 2 aliphatic heterocycles. The van der Waals surface area contributed by atoms with Crippen LogP contribution in [0.25, 0.3) is 10.9 Å². The summed E-state index contributed by atoms with van der Waals surface area (Å²) in [6.07, 6.45) is 1.62. The van der Waals surface area contributed by atoms with Gasteiger partial charge in [-0.15, -0.1) is 0 Å². The number of benzene rings is 2. The lowest BCUT2D eigenvalue weighted by molar-refractivity contribution is 0.174. The second-order valence-electron chi connectivity index (χ2n) is 6.29. The van der Waals surface area contributed by atoms with E-state index < -0.39 is 0 Å². The molecular formula is C19H16ClN3O5. The molecule has 9 heteroatoms. The van der Waals surface area contributed by atoms with Crippen molar-refractivity contribution in [1.82, 2.24) is 9.97 Å². The highest BCUT2D eigenvalue weighted by Gasteiger charge is 2.25. The average molecular weight is 402 g/mol. The highest BCUT2D eigenvalue weighted by Crippen LogP contribution is 2.45. The number of fused-ring (bicyclic) bond motifs is 2. The molecule has 5 rings (SSSR count). The van der Waals surface area contributed by atoms with Crippen LogP contribution >= 0.6 is 11.6 Å². The van der Waals surface area contributed by atoms with E-state index in [4.69, 9.17) is 35.3 Å². The molecule has 8 nitrogen and oxygen atoms in total. The molecule has 0 aliphatic carbocycles. The Morgan fingerprint density at radius 3 is 2.93 bits per heavy atom. The highest BCUT2D eigenvalue weighted by molar-refractivity contribution is 6.34. The van der Waals surface area contributed by atoms with Gasteiger partial charge >= 0.3 is 0 Å². The fourth-order valence-electron chi connectivity index (χ4n) is 2.97. The summed E-state index contributed by atoms with van der Waals surface area (Å²) in [7, 11) is 1.59. The molecule has 1 aromatic heterocycles. The predicted octanol–water partition coefficient (Wildman–Crippen LogP) is 3.54. The zero-order valence-electron chi connectivity index (χ0n) is 14.9. The van der Waals surface area contributed by atoms with Crippen molar-refractivity contribution in [1.29, 1.82) is 0 Å². The molecule has 28 heavy (non-hydrogen) atoms. The number of halogens is 1. The van der Waals surface area contributed by atoms with E-state index >= 15 is 0 Å². The minimum absolute atomic E-state index is 0.146. The van der Waals surface area contributed by atoms with Crippen molar-refractivity contribution in [3.05, 3.63) is 35.6 Å². The first-order chi connectivity index (χ1) is 13.7. The number of nitrogens with one attached hydrogen (secondary N) is 1. The minimum Gasteiger partial charge on any atom is -0.493 e. The molecule has 0 saturated carbocycles. The van der Waals surface area contributed by atoms with Gasteiger partial charge in [-0.05, 0) is 18.2 Å². The van der Waals surface area contributed by atoms with Crippen molar-refractivity contribution >= 4 is 34.0 Å². The molecule has 3 aromatic rings. The Kier molecular flexibility index (Phi) is 4.22. The van der Waals surface area contributed by atoms with Crippen molar-refractivity contribution < 1.29 is 23.7 Å². The zero-order valence-corrected chi connectivity index (χ0v) is 15.7. The van der Waals surface area contributed by atoms with E-state index in [9.17, 15) is 0 Å². The summed E-state index contributed by atoms with van der Waals surface area (Å²) in [6, 6.07) is 7.16. The summed E-state index contributed by atoms with van der Waals surface area (Å²) in [5.74, 6) is 2.92. The molecule has 1 fully saturated rings. The molecule has 1 unspecified atom stereocenters. The number of hydrogen-bond acceptors (Lipinski definition) is 8. The van der Waals surface area contributed by atoms with Gasteiger partial charge in [-0.25, -0.2) is 9.97 Å². The Balaban J connectivity index is 1.54. The monoisotopic (exact) mass is 401 g/mol. The fourth-order valence-corrected chi connectivity index (χ4v) is 3.16. The fraction of sp³-hybridized carbons (Fsp3) is 0.263. The molecule has 144 valence electrons. The van der Waals surface area contributed by atoms with E-state index in [1.807, 2.05) is 12.1 Å². The number of rotatable bonds is 6. The van der Waals surface area contributed by atoms with Crippen LogP contribution in [0.4, 0.5) is 11.5 Å². The summed E-state index contributed by atoms with van der Waals surface area (Å²) in [4.78, 5) is 8.71. The van der Waals surface area contributed by atoms with E-state index in [1.54, 1.807) is 19.2 Å². The first-order valence-electron chi connectivity index (χ1n) is 8.65. The number of anilines is 2. The van der Waals surface area contributed by atoms with Crippen LogP contribution in [0.15, 0.2) is 30.6 Å². The highest BCUT2D eigenvalue weighted by atomic mass is 35.5. The van der Waals surface area contributed by atoms with E-state index in [1.165, 1.54) is 6.33 Å². The summed E-state index contributed by atoms with van der Waals surface area (Å²) in [6.45, 7) is 1.34. The van der Waals surface area contributed by atoms with Crippen LogP contribution in [-0.2, 0) is 4.74 Å². The van der Waals surface area contributed by atoms with Crippen LogP contribution in [0.3, 0.4) is 0 Å². The van der Waals surface area contributed by atoms with Crippen LogP contribution in [-0.4, -0.2) is 43.2 Å². The Bertz CT molecular complexity index is 1060. The SMILES string of the molecule is COc1cc2c(Nc3c(Cl)ccc4c3OCO4)ncnc2cc1OCC1CO1. The molecule has 0 amide bonds. The number of ether oxygens (including phenoxy) is 5. The molecule has 3 heterocycles. The first-order valence-corrected chi connectivity index (χ1v) is 9.03. The third kappa shape index (κ3) is 3.10. The van der Waals surface area contributed by atoms with Gasteiger partial charge in [0.25, 0.3) is 0 Å². The maximum atomic E-state index is 6.37. The maximum Gasteiger partial charge on any atom is 0.231 e. The Hall–Kier alpha value is -2.97. The Labute approximate surface area is 165 Å². The van der Waals surface area contributed by atoms with Gasteiger partial charge in [-0.2, -0.15) is 0 Å². The second kappa shape index (κ2) is 6.88. The normalized spacial score (nSPS) is 16.9. The Morgan fingerprint density at radius 1 is 1.21 bits per heavy atom. The lowest BCUT2D eigenvalue weighted by atomic mass is 10.2. The number of aromatic nitrogens is 2. The molecular weight excluding hydrogens is 386 g/mol. The van der Waals surface area contributed by atoms with E-state index in [-0.39, 0.29) is 12.9 Å². The van der Waals surface area contributed by atoms with Gasteiger partial charge < -0.3 is 29.0 Å². The van der Waals surface area contributed by atoms with Crippen LogP contribution in [0.2, 0.25) is 5.02 Å². The summed E-state index contributed by atoms with van der Waals surface area (Å²) in [5, 5.41) is 4.49. The molecule has 0 spiro atoms. The average Bonchev–Trinajstić information content (AvgIpc) is 3.42. The van der Waals surface area contributed by atoms with Crippen molar-refractivity contribution in [3.8, 4) is 23.0 Å². The quantitative estimate of drug-likeness (QED) is 0.627. The molecule has 2 aliphatic rings. The van der Waals surface area contributed by atoms with Crippen LogP contribution in [0.1, 0.15) is 0 Å².